The molecule has 2 atom stereocenters. The summed E-state index contributed by atoms with van der Waals surface area (Å²) in [5.74, 6) is -0.472. The molecule has 0 radical (unpaired) electrons. The number of carbonyl (C=O) groups is 2. The lowest BCUT2D eigenvalue weighted by Crippen LogP contribution is -2.43. The van der Waals surface area contributed by atoms with Crippen molar-refractivity contribution in [3.63, 3.8) is 0 Å². The smallest absolute Gasteiger partial charge is 0.329 e. The van der Waals surface area contributed by atoms with E-state index in [-0.39, 0.29) is 18.0 Å². The number of amides is 1. The summed E-state index contributed by atoms with van der Waals surface area (Å²) in [5.41, 5.74) is 0.782. The highest BCUT2D eigenvalue weighted by Crippen LogP contribution is 2.29. The SMILES string of the molecule is O=C1OC2CC1N(C(=O)/C=C/c1ccccc1Cl)C2. The average molecular weight is 278 g/mol. The summed E-state index contributed by atoms with van der Waals surface area (Å²) < 4.78 is 5.04. The summed E-state index contributed by atoms with van der Waals surface area (Å²) in [6.45, 7) is 0.488. The first kappa shape index (κ1) is 12.2. The van der Waals surface area contributed by atoms with Gasteiger partial charge >= 0.3 is 5.97 Å². The van der Waals surface area contributed by atoms with Gasteiger partial charge in [0, 0.05) is 17.5 Å². The minimum absolute atomic E-state index is 0.129. The van der Waals surface area contributed by atoms with Crippen LogP contribution >= 0.6 is 11.6 Å². The third-order valence-corrected chi connectivity index (χ3v) is 3.76. The van der Waals surface area contributed by atoms with Crippen LogP contribution in [0.15, 0.2) is 30.3 Å². The predicted octanol–water partition coefficient (Wildman–Crippen LogP) is 1.88. The number of carbonyl (C=O) groups excluding carboxylic acids is 2. The maximum absolute atomic E-state index is 12.1. The number of esters is 1. The molecule has 5 heteroatoms. The van der Waals surface area contributed by atoms with E-state index in [1.807, 2.05) is 18.2 Å². The molecule has 2 bridgehead atoms. The largest absolute Gasteiger partial charge is 0.459 e. The number of benzene rings is 1. The Morgan fingerprint density at radius 3 is 2.89 bits per heavy atom. The second-order valence-corrected chi connectivity index (χ2v) is 5.06. The number of morpholine rings is 1. The molecule has 1 amide bonds. The Hall–Kier alpha value is -1.81. The maximum Gasteiger partial charge on any atom is 0.329 e. The monoisotopic (exact) mass is 277 g/mol. The second kappa shape index (κ2) is 4.70. The minimum Gasteiger partial charge on any atom is -0.459 e. The van der Waals surface area contributed by atoms with Crippen LogP contribution in [0.1, 0.15) is 12.0 Å². The van der Waals surface area contributed by atoms with Crippen molar-refractivity contribution in [1.29, 1.82) is 0 Å². The molecule has 19 heavy (non-hydrogen) atoms. The fourth-order valence-electron chi connectivity index (χ4n) is 2.46. The van der Waals surface area contributed by atoms with Crippen LogP contribution in [0.4, 0.5) is 0 Å². The fraction of sp³-hybridized carbons (Fsp3) is 0.286. The lowest BCUT2D eigenvalue weighted by Gasteiger charge is -2.24. The summed E-state index contributed by atoms with van der Waals surface area (Å²) in [7, 11) is 0. The molecule has 0 aliphatic carbocycles. The van der Waals surface area contributed by atoms with Crippen molar-refractivity contribution in [2.24, 2.45) is 0 Å². The van der Waals surface area contributed by atoms with Gasteiger partial charge in [-0.2, -0.15) is 0 Å². The van der Waals surface area contributed by atoms with E-state index in [1.54, 1.807) is 17.0 Å². The molecular weight excluding hydrogens is 266 g/mol. The molecule has 4 nitrogen and oxygen atoms in total. The van der Waals surface area contributed by atoms with Crippen molar-refractivity contribution in [3.05, 3.63) is 40.9 Å². The van der Waals surface area contributed by atoms with E-state index in [0.29, 0.717) is 18.0 Å². The molecule has 3 rings (SSSR count). The Kier molecular flexibility index (Phi) is 3.03. The van der Waals surface area contributed by atoms with Crippen LogP contribution in [0.25, 0.3) is 6.08 Å². The van der Waals surface area contributed by atoms with Gasteiger partial charge in [-0.3, -0.25) is 4.79 Å². The molecule has 2 aliphatic heterocycles. The fourth-order valence-corrected chi connectivity index (χ4v) is 2.66. The molecule has 2 aliphatic rings. The maximum atomic E-state index is 12.1. The summed E-state index contributed by atoms with van der Waals surface area (Å²) in [5, 5.41) is 0.592. The van der Waals surface area contributed by atoms with E-state index >= 15 is 0 Å². The van der Waals surface area contributed by atoms with E-state index < -0.39 is 6.04 Å². The van der Waals surface area contributed by atoms with E-state index in [1.165, 1.54) is 6.08 Å². The molecular formula is C14H12ClNO3. The first-order valence-corrected chi connectivity index (χ1v) is 6.46. The molecule has 0 N–H and O–H groups in total. The third-order valence-electron chi connectivity index (χ3n) is 3.41. The Labute approximate surface area is 115 Å². The van der Waals surface area contributed by atoms with Gasteiger partial charge in [-0.1, -0.05) is 29.8 Å². The number of nitrogens with zero attached hydrogens (tertiary/aromatic N) is 1. The molecule has 98 valence electrons. The van der Waals surface area contributed by atoms with Gasteiger partial charge in [-0.15, -0.1) is 0 Å². The average Bonchev–Trinajstić information content (AvgIpc) is 2.96. The number of hydrogen-bond acceptors (Lipinski definition) is 3. The van der Waals surface area contributed by atoms with E-state index in [2.05, 4.69) is 0 Å². The van der Waals surface area contributed by atoms with Crippen molar-refractivity contribution >= 4 is 29.6 Å². The van der Waals surface area contributed by atoms with Gasteiger partial charge in [0.05, 0.1) is 6.54 Å². The van der Waals surface area contributed by atoms with Gasteiger partial charge in [0.1, 0.15) is 12.1 Å². The highest BCUT2D eigenvalue weighted by atomic mass is 35.5. The van der Waals surface area contributed by atoms with E-state index in [9.17, 15) is 9.59 Å². The molecule has 1 aromatic carbocycles. The lowest BCUT2D eigenvalue weighted by molar-refractivity contribution is -0.155. The quantitative estimate of drug-likeness (QED) is 0.612. The zero-order chi connectivity index (χ0) is 13.4. The van der Waals surface area contributed by atoms with E-state index in [4.69, 9.17) is 16.3 Å². The summed E-state index contributed by atoms with van der Waals surface area (Å²) >= 11 is 6.00. The molecule has 2 fully saturated rings. The van der Waals surface area contributed by atoms with Crippen molar-refractivity contribution in [1.82, 2.24) is 4.90 Å². The normalized spacial score (nSPS) is 25.1. The van der Waals surface area contributed by atoms with Gasteiger partial charge in [0.15, 0.2) is 0 Å². The molecule has 2 saturated heterocycles. The van der Waals surface area contributed by atoms with Crippen molar-refractivity contribution in [2.75, 3.05) is 6.54 Å². The number of hydrogen-bond donors (Lipinski definition) is 0. The van der Waals surface area contributed by atoms with Crippen LogP contribution in [0.5, 0.6) is 0 Å². The highest BCUT2D eigenvalue weighted by molar-refractivity contribution is 6.32. The first-order valence-electron chi connectivity index (χ1n) is 6.09. The Balaban J connectivity index is 1.73. The number of rotatable bonds is 2. The zero-order valence-corrected chi connectivity index (χ0v) is 10.8. The standard InChI is InChI=1S/C14H12ClNO3/c15-11-4-2-1-3-9(11)5-6-13(17)16-8-10-7-12(16)14(18)19-10/h1-6,10,12H,7-8H2/b6-5+. The van der Waals surface area contributed by atoms with E-state index in [0.717, 1.165) is 5.56 Å². The van der Waals surface area contributed by atoms with Gasteiger partial charge in [0.2, 0.25) is 5.91 Å². The Bertz CT molecular complexity index is 570. The molecule has 2 heterocycles. The van der Waals surface area contributed by atoms with Crippen LogP contribution in [0.2, 0.25) is 5.02 Å². The minimum atomic E-state index is -0.409. The van der Waals surface area contributed by atoms with Crippen molar-refractivity contribution < 1.29 is 14.3 Å². The van der Waals surface area contributed by atoms with Gasteiger partial charge < -0.3 is 9.64 Å². The molecule has 2 unspecified atom stereocenters. The van der Waals surface area contributed by atoms with Crippen LogP contribution < -0.4 is 0 Å². The van der Waals surface area contributed by atoms with Crippen molar-refractivity contribution in [3.8, 4) is 0 Å². The molecule has 0 saturated carbocycles. The van der Waals surface area contributed by atoms with Gasteiger partial charge in [-0.25, -0.2) is 4.79 Å². The Morgan fingerprint density at radius 1 is 1.42 bits per heavy atom. The van der Waals surface area contributed by atoms with Gasteiger partial charge in [0.25, 0.3) is 0 Å². The summed E-state index contributed by atoms with van der Waals surface area (Å²) in [6.07, 6.45) is 3.61. The van der Waals surface area contributed by atoms with Crippen LogP contribution in [0, 0.1) is 0 Å². The second-order valence-electron chi connectivity index (χ2n) is 4.66. The lowest BCUT2D eigenvalue weighted by atomic mass is 10.2. The zero-order valence-electron chi connectivity index (χ0n) is 10.1. The summed E-state index contributed by atoms with van der Waals surface area (Å²) in [6, 6.07) is 6.87. The van der Waals surface area contributed by atoms with Gasteiger partial charge in [-0.05, 0) is 17.7 Å². The highest BCUT2D eigenvalue weighted by Gasteiger charge is 2.47. The molecule has 1 aromatic rings. The first-order chi connectivity index (χ1) is 9.15. The topological polar surface area (TPSA) is 46.6 Å². The Morgan fingerprint density at radius 2 is 2.21 bits per heavy atom. The van der Waals surface area contributed by atoms with Crippen LogP contribution in [-0.2, 0) is 14.3 Å². The third kappa shape index (κ3) is 2.24. The van der Waals surface area contributed by atoms with Crippen LogP contribution in [0.3, 0.4) is 0 Å². The number of halogens is 1. The van der Waals surface area contributed by atoms with Crippen molar-refractivity contribution in [2.45, 2.75) is 18.6 Å². The number of likely N-dealkylation sites (tertiary alicyclic amines) is 1. The molecule has 0 spiro atoms. The number of fused-ring (bicyclic) bond motifs is 2. The predicted molar refractivity (Wildman–Crippen MR) is 70.5 cm³/mol. The summed E-state index contributed by atoms with van der Waals surface area (Å²) in [4.78, 5) is 25.0. The van der Waals surface area contributed by atoms with Crippen LogP contribution in [-0.4, -0.2) is 35.5 Å². The molecule has 0 aromatic heterocycles. The number of ether oxygens (including phenoxy) is 1.